The van der Waals surface area contributed by atoms with Crippen molar-refractivity contribution in [1.82, 2.24) is 9.80 Å². The van der Waals surface area contributed by atoms with Gasteiger partial charge in [-0.25, -0.2) is 9.18 Å². The van der Waals surface area contributed by atoms with Gasteiger partial charge in [0.15, 0.2) is 0 Å². The number of rotatable bonds is 2. The standard InChI is InChI=1S/C15H20FN3O2/c1-18(2)15(21)19-8-4-5-11(10-19)14(20)17-13-7-3-6-12(16)9-13/h3,6-7,9,11H,4-5,8,10H2,1-2H3,(H,17,20). The molecule has 114 valence electrons. The molecule has 1 aliphatic rings. The highest BCUT2D eigenvalue weighted by Gasteiger charge is 2.29. The normalized spacial score (nSPS) is 18.2. The highest BCUT2D eigenvalue weighted by atomic mass is 19.1. The van der Waals surface area contributed by atoms with Crippen LogP contribution in [-0.2, 0) is 4.79 Å². The van der Waals surface area contributed by atoms with Crippen molar-refractivity contribution in [3.8, 4) is 0 Å². The summed E-state index contributed by atoms with van der Waals surface area (Å²) < 4.78 is 13.1. The van der Waals surface area contributed by atoms with Gasteiger partial charge >= 0.3 is 6.03 Å². The minimum Gasteiger partial charge on any atom is -0.331 e. The Morgan fingerprint density at radius 2 is 2.14 bits per heavy atom. The molecule has 0 radical (unpaired) electrons. The highest BCUT2D eigenvalue weighted by Crippen LogP contribution is 2.20. The number of anilines is 1. The third kappa shape index (κ3) is 3.93. The summed E-state index contributed by atoms with van der Waals surface area (Å²) >= 11 is 0. The summed E-state index contributed by atoms with van der Waals surface area (Å²) in [4.78, 5) is 27.4. The van der Waals surface area contributed by atoms with Crippen LogP contribution in [0.1, 0.15) is 12.8 Å². The van der Waals surface area contributed by atoms with Gasteiger partial charge in [0.25, 0.3) is 0 Å². The molecule has 21 heavy (non-hydrogen) atoms. The van der Waals surface area contributed by atoms with Gasteiger partial charge in [-0.05, 0) is 31.0 Å². The van der Waals surface area contributed by atoms with Gasteiger partial charge in [0.2, 0.25) is 5.91 Å². The quantitative estimate of drug-likeness (QED) is 0.908. The average Bonchev–Trinajstić information content (AvgIpc) is 2.46. The number of carbonyl (C=O) groups excluding carboxylic acids is 2. The van der Waals surface area contributed by atoms with Crippen molar-refractivity contribution in [2.75, 3.05) is 32.5 Å². The lowest BCUT2D eigenvalue weighted by Crippen LogP contribution is -2.47. The van der Waals surface area contributed by atoms with E-state index in [1.807, 2.05) is 0 Å². The summed E-state index contributed by atoms with van der Waals surface area (Å²) in [6.07, 6.45) is 1.53. The van der Waals surface area contributed by atoms with Gasteiger partial charge in [-0.15, -0.1) is 0 Å². The maximum atomic E-state index is 13.1. The van der Waals surface area contributed by atoms with Crippen molar-refractivity contribution in [3.05, 3.63) is 30.1 Å². The Morgan fingerprint density at radius 1 is 1.38 bits per heavy atom. The molecule has 0 bridgehead atoms. The van der Waals surface area contributed by atoms with Crippen LogP contribution in [0.5, 0.6) is 0 Å². The molecule has 1 saturated heterocycles. The maximum Gasteiger partial charge on any atom is 0.319 e. The van der Waals surface area contributed by atoms with Crippen LogP contribution >= 0.6 is 0 Å². The Morgan fingerprint density at radius 3 is 2.81 bits per heavy atom. The van der Waals surface area contributed by atoms with E-state index in [1.165, 1.54) is 17.0 Å². The summed E-state index contributed by atoms with van der Waals surface area (Å²) in [6.45, 7) is 1.07. The number of amides is 3. The smallest absolute Gasteiger partial charge is 0.319 e. The summed E-state index contributed by atoms with van der Waals surface area (Å²) in [5.74, 6) is -0.816. The molecule has 1 heterocycles. The highest BCUT2D eigenvalue weighted by molar-refractivity contribution is 5.93. The van der Waals surface area contributed by atoms with Crippen molar-refractivity contribution >= 4 is 17.6 Å². The molecule has 1 aliphatic heterocycles. The number of nitrogens with zero attached hydrogens (tertiary/aromatic N) is 2. The van der Waals surface area contributed by atoms with E-state index in [-0.39, 0.29) is 23.7 Å². The lowest BCUT2D eigenvalue weighted by molar-refractivity contribution is -0.121. The largest absolute Gasteiger partial charge is 0.331 e. The fourth-order valence-electron chi connectivity index (χ4n) is 2.46. The molecule has 5 nitrogen and oxygen atoms in total. The first kappa shape index (κ1) is 15.3. The molecule has 0 saturated carbocycles. The molecule has 1 aromatic carbocycles. The molecule has 1 unspecified atom stereocenters. The third-order valence-electron chi connectivity index (χ3n) is 3.54. The number of hydrogen-bond donors (Lipinski definition) is 1. The van der Waals surface area contributed by atoms with Gasteiger partial charge < -0.3 is 15.1 Å². The van der Waals surface area contributed by atoms with E-state index >= 15 is 0 Å². The second-order valence-corrected chi connectivity index (χ2v) is 5.46. The summed E-state index contributed by atoms with van der Waals surface area (Å²) in [6, 6.07) is 5.72. The van der Waals surface area contributed by atoms with E-state index in [2.05, 4.69) is 5.32 Å². The Balaban J connectivity index is 1.97. The number of nitrogens with one attached hydrogen (secondary N) is 1. The second-order valence-electron chi connectivity index (χ2n) is 5.46. The molecule has 0 aromatic heterocycles. The van der Waals surface area contributed by atoms with E-state index in [9.17, 15) is 14.0 Å². The molecule has 2 rings (SSSR count). The average molecular weight is 293 g/mol. The van der Waals surface area contributed by atoms with Gasteiger partial charge in [0.05, 0.1) is 5.92 Å². The Bertz CT molecular complexity index is 533. The Labute approximate surface area is 123 Å². The number of benzene rings is 1. The van der Waals surface area contributed by atoms with Crippen LogP contribution in [0.2, 0.25) is 0 Å². The Hall–Kier alpha value is -2.11. The molecular weight excluding hydrogens is 273 g/mol. The second kappa shape index (κ2) is 6.56. The molecule has 1 fully saturated rings. The number of hydrogen-bond acceptors (Lipinski definition) is 2. The van der Waals surface area contributed by atoms with Gasteiger partial charge in [0.1, 0.15) is 5.82 Å². The monoisotopic (exact) mass is 293 g/mol. The molecule has 0 spiro atoms. The number of likely N-dealkylation sites (tertiary alicyclic amines) is 1. The van der Waals surface area contributed by atoms with E-state index in [0.29, 0.717) is 18.8 Å². The zero-order chi connectivity index (χ0) is 15.4. The van der Waals surface area contributed by atoms with Gasteiger partial charge in [-0.1, -0.05) is 6.07 Å². The molecule has 0 aliphatic carbocycles. The van der Waals surface area contributed by atoms with Crippen LogP contribution in [0.4, 0.5) is 14.9 Å². The van der Waals surface area contributed by atoms with Crippen molar-refractivity contribution < 1.29 is 14.0 Å². The predicted octanol–water partition coefficient (Wildman–Crippen LogP) is 2.16. The maximum absolute atomic E-state index is 13.1. The van der Waals surface area contributed by atoms with Crippen LogP contribution in [-0.4, -0.2) is 48.9 Å². The topological polar surface area (TPSA) is 52.7 Å². The zero-order valence-corrected chi connectivity index (χ0v) is 12.3. The molecule has 6 heteroatoms. The van der Waals surface area contributed by atoms with Crippen LogP contribution in [0, 0.1) is 11.7 Å². The molecule has 3 amide bonds. The van der Waals surface area contributed by atoms with Gasteiger partial charge in [0, 0.05) is 32.9 Å². The van der Waals surface area contributed by atoms with Crippen molar-refractivity contribution in [2.24, 2.45) is 5.92 Å². The summed E-state index contributed by atoms with van der Waals surface area (Å²) in [7, 11) is 3.39. The fraction of sp³-hybridized carbons (Fsp3) is 0.467. The van der Waals surface area contributed by atoms with Gasteiger partial charge in [-0.2, -0.15) is 0 Å². The number of carbonyl (C=O) groups is 2. The van der Waals surface area contributed by atoms with Gasteiger partial charge in [-0.3, -0.25) is 4.79 Å². The molecule has 1 aromatic rings. The molecule has 1 N–H and O–H groups in total. The van der Waals surface area contributed by atoms with E-state index in [1.54, 1.807) is 31.1 Å². The lowest BCUT2D eigenvalue weighted by Gasteiger charge is -2.33. The minimum atomic E-state index is -0.388. The van der Waals surface area contributed by atoms with Crippen molar-refractivity contribution in [2.45, 2.75) is 12.8 Å². The predicted molar refractivity (Wildman–Crippen MR) is 78.4 cm³/mol. The summed E-state index contributed by atoms with van der Waals surface area (Å²) in [5.41, 5.74) is 0.441. The Kier molecular flexibility index (Phi) is 4.77. The third-order valence-corrected chi connectivity index (χ3v) is 3.54. The number of piperidine rings is 1. The van der Waals surface area contributed by atoms with E-state index in [0.717, 1.165) is 12.8 Å². The summed E-state index contributed by atoms with van der Waals surface area (Å²) in [5, 5.41) is 2.71. The molecular formula is C15H20FN3O2. The molecule has 1 atom stereocenters. The number of halogens is 1. The number of urea groups is 1. The SMILES string of the molecule is CN(C)C(=O)N1CCCC(C(=O)Nc2cccc(F)c2)C1. The first-order valence-corrected chi connectivity index (χ1v) is 7.00. The van der Waals surface area contributed by atoms with Crippen LogP contribution in [0.3, 0.4) is 0 Å². The fourth-order valence-corrected chi connectivity index (χ4v) is 2.46. The lowest BCUT2D eigenvalue weighted by atomic mass is 9.97. The zero-order valence-electron chi connectivity index (χ0n) is 12.3. The van der Waals surface area contributed by atoms with E-state index in [4.69, 9.17) is 0 Å². The van der Waals surface area contributed by atoms with Crippen LogP contribution < -0.4 is 5.32 Å². The van der Waals surface area contributed by atoms with E-state index < -0.39 is 0 Å². The van der Waals surface area contributed by atoms with Crippen LogP contribution in [0.25, 0.3) is 0 Å². The first-order valence-electron chi connectivity index (χ1n) is 7.00. The van der Waals surface area contributed by atoms with Crippen molar-refractivity contribution in [1.29, 1.82) is 0 Å². The minimum absolute atomic E-state index is 0.0849. The first-order chi connectivity index (χ1) is 9.97. The van der Waals surface area contributed by atoms with Crippen LogP contribution in [0.15, 0.2) is 24.3 Å². The van der Waals surface area contributed by atoms with Crippen molar-refractivity contribution in [3.63, 3.8) is 0 Å².